The summed E-state index contributed by atoms with van der Waals surface area (Å²) in [5, 5.41) is 3.42. The lowest BCUT2D eigenvalue weighted by Crippen LogP contribution is -2.48. The minimum atomic E-state index is 0.601. The van der Waals surface area contributed by atoms with Gasteiger partial charge in [0.25, 0.3) is 0 Å². The lowest BCUT2D eigenvalue weighted by atomic mass is 10.2. The average Bonchev–Trinajstić information content (AvgIpc) is 2.57. The first kappa shape index (κ1) is 8.78. The predicted molar refractivity (Wildman–Crippen MR) is 51.4 cm³/mol. The Morgan fingerprint density at radius 2 is 2.62 bits per heavy atom. The van der Waals surface area contributed by atoms with Crippen LogP contribution in [0.3, 0.4) is 0 Å². The van der Waals surface area contributed by atoms with Crippen LogP contribution in [-0.2, 0) is 6.54 Å². The summed E-state index contributed by atoms with van der Waals surface area (Å²) in [5.41, 5.74) is 0. The molecule has 0 aliphatic carbocycles. The van der Waals surface area contributed by atoms with Crippen LogP contribution in [0.5, 0.6) is 0 Å². The summed E-state index contributed by atoms with van der Waals surface area (Å²) < 4.78 is 5.31. The van der Waals surface area contributed by atoms with Gasteiger partial charge >= 0.3 is 0 Å². The molecule has 1 fully saturated rings. The highest BCUT2D eigenvalue weighted by molar-refractivity contribution is 4.98. The number of hydrogen-bond acceptors (Lipinski definition) is 3. The van der Waals surface area contributed by atoms with Crippen molar-refractivity contribution in [2.24, 2.45) is 0 Å². The zero-order chi connectivity index (χ0) is 9.10. The van der Waals surface area contributed by atoms with Crippen LogP contribution in [0.4, 0.5) is 0 Å². The molecule has 0 saturated carbocycles. The van der Waals surface area contributed by atoms with Crippen LogP contribution in [-0.4, -0.2) is 30.6 Å². The molecule has 0 radical (unpaired) electrons. The average molecular weight is 180 g/mol. The van der Waals surface area contributed by atoms with Crippen molar-refractivity contribution in [3.63, 3.8) is 0 Å². The quantitative estimate of drug-likeness (QED) is 0.738. The van der Waals surface area contributed by atoms with Gasteiger partial charge in [-0.1, -0.05) is 0 Å². The molecule has 3 heteroatoms. The smallest absolute Gasteiger partial charge is 0.117 e. The molecule has 72 valence electrons. The Morgan fingerprint density at radius 1 is 1.69 bits per heavy atom. The molecule has 1 aromatic heterocycles. The maximum atomic E-state index is 5.31. The standard InChI is InChI=1S/C10H16N2O/c1-9-7-12(5-4-11-9)8-10-3-2-6-13-10/h2-3,6,9,11H,4-5,7-8H2,1H3/t9-/m0/s1. The molecular weight excluding hydrogens is 164 g/mol. The van der Waals surface area contributed by atoms with E-state index in [2.05, 4.69) is 17.1 Å². The van der Waals surface area contributed by atoms with Crippen LogP contribution in [0.2, 0.25) is 0 Å². The van der Waals surface area contributed by atoms with Gasteiger partial charge in [-0.25, -0.2) is 0 Å². The molecule has 0 aromatic carbocycles. The van der Waals surface area contributed by atoms with Gasteiger partial charge in [-0.15, -0.1) is 0 Å². The Hall–Kier alpha value is -0.800. The van der Waals surface area contributed by atoms with Crippen LogP contribution in [0, 0.1) is 0 Å². The molecule has 1 saturated heterocycles. The molecule has 0 amide bonds. The highest BCUT2D eigenvalue weighted by atomic mass is 16.3. The van der Waals surface area contributed by atoms with Crippen LogP contribution in [0.25, 0.3) is 0 Å². The predicted octanol–water partition coefficient (Wildman–Crippen LogP) is 1.07. The van der Waals surface area contributed by atoms with Crippen molar-refractivity contribution in [1.82, 2.24) is 10.2 Å². The molecule has 1 aliphatic rings. The van der Waals surface area contributed by atoms with E-state index < -0.39 is 0 Å². The maximum absolute atomic E-state index is 5.31. The molecule has 2 heterocycles. The van der Waals surface area contributed by atoms with E-state index in [0.29, 0.717) is 6.04 Å². The minimum Gasteiger partial charge on any atom is -0.468 e. The van der Waals surface area contributed by atoms with Gasteiger partial charge in [-0.2, -0.15) is 0 Å². The Kier molecular flexibility index (Phi) is 2.66. The first-order valence-electron chi connectivity index (χ1n) is 4.83. The maximum Gasteiger partial charge on any atom is 0.117 e. The van der Waals surface area contributed by atoms with Gasteiger partial charge in [0.15, 0.2) is 0 Å². The summed E-state index contributed by atoms with van der Waals surface area (Å²) in [5.74, 6) is 1.06. The third-order valence-electron chi connectivity index (χ3n) is 2.41. The topological polar surface area (TPSA) is 28.4 Å². The molecule has 2 rings (SSSR count). The number of nitrogens with one attached hydrogen (secondary N) is 1. The van der Waals surface area contributed by atoms with Gasteiger partial charge in [0.05, 0.1) is 12.8 Å². The Bertz CT molecular complexity index is 245. The number of nitrogens with zero attached hydrogens (tertiary/aromatic N) is 1. The fourth-order valence-electron chi connectivity index (χ4n) is 1.78. The van der Waals surface area contributed by atoms with E-state index >= 15 is 0 Å². The fraction of sp³-hybridized carbons (Fsp3) is 0.600. The first-order chi connectivity index (χ1) is 6.34. The lowest BCUT2D eigenvalue weighted by molar-refractivity contribution is 0.186. The first-order valence-corrected chi connectivity index (χ1v) is 4.83. The second-order valence-electron chi connectivity index (χ2n) is 3.67. The van der Waals surface area contributed by atoms with Crippen LogP contribution in [0.15, 0.2) is 22.8 Å². The van der Waals surface area contributed by atoms with Crippen molar-refractivity contribution in [3.8, 4) is 0 Å². The van der Waals surface area contributed by atoms with E-state index in [9.17, 15) is 0 Å². The summed E-state index contributed by atoms with van der Waals surface area (Å²) in [6.07, 6.45) is 1.74. The van der Waals surface area contributed by atoms with E-state index in [0.717, 1.165) is 31.9 Å². The summed E-state index contributed by atoms with van der Waals surface area (Å²) in [6, 6.07) is 4.58. The Labute approximate surface area is 78.7 Å². The number of piperazine rings is 1. The van der Waals surface area contributed by atoms with Crippen molar-refractivity contribution in [1.29, 1.82) is 0 Å². The summed E-state index contributed by atoms with van der Waals surface area (Å²) in [6.45, 7) is 6.47. The second-order valence-corrected chi connectivity index (χ2v) is 3.67. The van der Waals surface area contributed by atoms with Crippen molar-refractivity contribution >= 4 is 0 Å². The highest BCUT2D eigenvalue weighted by Crippen LogP contribution is 2.07. The van der Waals surface area contributed by atoms with Gasteiger partial charge in [0, 0.05) is 25.7 Å². The van der Waals surface area contributed by atoms with Gasteiger partial charge in [0.2, 0.25) is 0 Å². The molecule has 13 heavy (non-hydrogen) atoms. The van der Waals surface area contributed by atoms with Gasteiger partial charge < -0.3 is 9.73 Å². The van der Waals surface area contributed by atoms with E-state index in [4.69, 9.17) is 4.42 Å². The molecule has 1 aromatic rings. The van der Waals surface area contributed by atoms with Gasteiger partial charge in [0.1, 0.15) is 5.76 Å². The molecule has 3 nitrogen and oxygen atoms in total. The zero-order valence-corrected chi connectivity index (χ0v) is 7.99. The number of furan rings is 1. The van der Waals surface area contributed by atoms with E-state index in [-0.39, 0.29) is 0 Å². The van der Waals surface area contributed by atoms with Crippen LogP contribution >= 0.6 is 0 Å². The second kappa shape index (κ2) is 3.94. The Morgan fingerprint density at radius 3 is 3.31 bits per heavy atom. The van der Waals surface area contributed by atoms with E-state index in [1.54, 1.807) is 6.26 Å². The molecular formula is C10H16N2O. The van der Waals surface area contributed by atoms with Gasteiger partial charge in [-0.3, -0.25) is 4.90 Å². The van der Waals surface area contributed by atoms with Crippen molar-refractivity contribution in [3.05, 3.63) is 24.2 Å². The monoisotopic (exact) mass is 180 g/mol. The third-order valence-corrected chi connectivity index (χ3v) is 2.41. The Balaban J connectivity index is 1.87. The normalized spacial score (nSPS) is 24.8. The number of rotatable bonds is 2. The van der Waals surface area contributed by atoms with E-state index in [1.165, 1.54) is 0 Å². The molecule has 0 unspecified atom stereocenters. The molecule has 1 aliphatic heterocycles. The van der Waals surface area contributed by atoms with Crippen molar-refractivity contribution in [2.75, 3.05) is 19.6 Å². The molecule has 1 atom stereocenters. The molecule has 0 spiro atoms. The largest absolute Gasteiger partial charge is 0.468 e. The minimum absolute atomic E-state index is 0.601. The highest BCUT2D eigenvalue weighted by Gasteiger charge is 2.15. The molecule has 0 bridgehead atoms. The summed E-state index contributed by atoms with van der Waals surface area (Å²) in [4.78, 5) is 2.42. The van der Waals surface area contributed by atoms with Crippen molar-refractivity contribution in [2.45, 2.75) is 19.5 Å². The fourth-order valence-corrected chi connectivity index (χ4v) is 1.78. The van der Waals surface area contributed by atoms with Crippen molar-refractivity contribution < 1.29 is 4.42 Å². The zero-order valence-electron chi connectivity index (χ0n) is 7.99. The van der Waals surface area contributed by atoms with Crippen LogP contribution < -0.4 is 5.32 Å². The summed E-state index contributed by atoms with van der Waals surface area (Å²) >= 11 is 0. The van der Waals surface area contributed by atoms with Crippen LogP contribution in [0.1, 0.15) is 12.7 Å². The summed E-state index contributed by atoms with van der Waals surface area (Å²) in [7, 11) is 0. The third kappa shape index (κ3) is 2.32. The SMILES string of the molecule is C[C@H]1CN(Cc2ccco2)CCN1. The molecule has 1 N–H and O–H groups in total. The lowest BCUT2D eigenvalue weighted by Gasteiger charge is -2.30. The van der Waals surface area contributed by atoms with E-state index in [1.807, 2.05) is 12.1 Å². The van der Waals surface area contributed by atoms with Gasteiger partial charge in [-0.05, 0) is 19.1 Å². The number of hydrogen-bond donors (Lipinski definition) is 1.